The zero-order valence-electron chi connectivity index (χ0n) is 11.8. The number of nitrogens with zero attached hydrogens (tertiary/aromatic N) is 3. The summed E-state index contributed by atoms with van der Waals surface area (Å²) in [5.74, 6) is 3.70. The summed E-state index contributed by atoms with van der Waals surface area (Å²) in [6.07, 6.45) is 7.57. The second-order valence-electron chi connectivity index (χ2n) is 6.19. The van der Waals surface area contributed by atoms with Crippen LogP contribution in [0.25, 0.3) is 0 Å². The van der Waals surface area contributed by atoms with Gasteiger partial charge in [0.25, 0.3) is 0 Å². The van der Waals surface area contributed by atoms with Gasteiger partial charge in [-0.25, -0.2) is 9.67 Å². The molecule has 1 aromatic carbocycles. The van der Waals surface area contributed by atoms with Crippen molar-refractivity contribution in [2.75, 3.05) is 0 Å². The molecule has 0 saturated heterocycles. The summed E-state index contributed by atoms with van der Waals surface area (Å²) in [7, 11) is 0. The van der Waals surface area contributed by atoms with Crippen molar-refractivity contribution in [2.45, 2.75) is 56.9 Å². The van der Waals surface area contributed by atoms with Crippen molar-refractivity contribution in [3.05, 3.63) is 47.5 Å². The number of aromatic nitrogens is 3. The Balaban J connectivity index is 1.53. The minimum atomic E-state index is 0.659. The van der Waals surface area contributed by atoms with Crippen molar-refractivity contribution in [3.63, 3.8) is 0 Å². The lowest BCUT2D eigenvalue weighted by molar-refractivity contribution is 0.379. The van der Waals surface area contributed by atoms with Gasteiger partial charge in [-0.1, -0.05) is 36.8 Å². The average molecular weight is 267 g/mol. The summed E-state index contributed by atoms with van der Waals surface area (Å²) in [6, 6.07) is 10.7. The van der Waals surface area contributed by atoms with Crippen LogP contribution in [-0.2, 0) is 13.0 Å². The van der Waals surface area contributed by atoms with E-state index in [1.807, 2.05) is 0 Å². The normalized spacial score (nSPS) is 19.0. The van der Waals surface area contributed by atoms with E-state index in [0.29, 0.717) is 11.8 Å². The lowest BCUT2D eigenvalue weighted by Gasteiger charge is -2.24. The predicted octanol–water partition coefficient (Wildman–Crippen LogP) is 3.67. The number of aryl methyl sites for hydroxylation is 2. The first-order valence-electron chi connectivity index (χ1n) is 7.89. The van der Waals surface area contributed by atoms with Gasteiger partial charge in [0.05, 0.1) is 0 Å². The molecule has 0 amide bonds. The summed E-state index contributed by atoms with van der Waals surface area (Å²) >= 11 is 0. The third-order valence-electron chi connectivity index (χ3n) is 4.58. The molecule has 2 aromatic rings. The molecule has 2 aliphatic carbocycles. The maximum Gasteiger partial charge on any atom is 0.154 e. The fourth-order valence-electron chi connectivity index (χ4n) is 2.90. The Morgan fingerprint density at radius 3 is 2.45 bits per heavy atom. The highest BCUT2D eigenvalue weighted by Gasteiger charge is 2.32. The minimum absolute atomic E-state index is 0.659. The van der Waals surface area contributed by atoms with Crippen LogP contribution in [0, 0.1) is 0 Å². The summed E-state index contributed by atoms with van der Waals surface area (Å²) in [6.45, 7) is 0.968. The molecule has 2 saturated carbocycles. The van der Waals surface area contributed by atoms with Gasteiger partial charge in [0, 0.05) is 18.4 Å². The van der Waals surface area contributed by atoms with Gasteiger partial charge < -0.3 is 0 Å². The monoisotopic (exact) mass is 267 g/mol. The molecule has 2 aliphatic rings. The van der Waals surface area contributed by atoms with Crippen LogP contribution < -0.4 is 0 Å². The average Bonchev–Trinajstić information content (AvgIpc) is 3.19. The summed E-state index contributed by atoms with van der Waals surface area (Å²) < 4.78 is 2.20. The molecule has 0 aliphatic heterocycles. The Labute approximate surface area is 120 Å². The van der Waals surface area contributed by atoms with E-state index in [1.54, 1.807) is 0 Å². The van der Waals surface area contributed by atoms with E-state index in [4.69, 9.17) is 10.1 Å². The minimum Gasteiger partial charge on any atom is -0.249 e. The largest absolute Gasteiger partial charge is 0.249 e. The highest BCUT2D eigenvalue weighted by molar-refractivity contribution is 5.15. The van der Waals surface area contributed by atoms with Gasteiger partial charge in [-0.2, -0.15) is 5.10 Å². The van der Waals surface area contributed by atoms with Gasteiger partial charge in [-0.3, -0.25) is 0 Å². The van der Waals surface area contributed by atoms with Crippen molar-refractivity contribution >= 4 is 0 Å². The molecule has 0 radical (unpaired) electrons. The van der Waals surface area contributed by atoms with E-state index < -0.39 is 0 Å². The van der Waals surface area contributed by atoms with Crippen LogP contribution in [0.1, 0.15) is 61.2 Å². The second kappa shape index (κ2) is 5.04. The number of rotatable bonds is 5. The molecule has 4 rings (SSSR count). The maximum atomic E-state index is 4.86. The number of benzene rings is 1. The highest BCUT2D eigenvalue weighted by atomic mass is 15.4. The van der Waals surface area contributed by atoms with Crippen LogP contribution in [0.5, 0.6) is 0 Å². The van der Waals surface area contributed by atoms with E-state index in [2.05, 4.69) is 35.0 Å². The fraction of sp³-hybridized carbons (Fsp3) is 0.529. The Hall–Kier alpha value is -1.64. The van der Waals surface area contributed by atoms with Gasteiger partial charge >= 0.3 is 0 Å². The molecule has 3 nitrogen and oxygen atoms in total. The first kappa shape index (κ1) is 12.1. The zero-order valence-corrected chi connectivity index (χ0v) is 11.8. The van der Waals surface area contributed by atoms with Crippen LogP contribution in [0.4, 0.5) is 0 Å². The molecule has 1 aromatic heterocycles. The molecular formula is C17H21N3. The van der Waals surface area contributed by atoms with Gasteiger partial charge in [-0.05, 0) is 37.7 Å². The van der Waals surface area contributed by atoms with Gasteiger partial charge in [-0.15, -0.1) is 0 Å². The molecular weight excluding hydrogens is 246 g/mol. The molecule has 0 unspecified atom stereocenters. The molecule has 3 heteroatoms. The van der Waals surface area contributed by atoms with Crippen molar-refractivity contribution in [3.8, 4) is 0 Å². The van der Waals surface area contributed by atoms with Crippen LogP contribution in [0.3, 0.4) is 0 Å². The Morgan fingerprint density at radius 2 is 1.80 bits per heavy atom. The van der Waals surface area contributed by atoms with Crippen molar-refractivity contribution < 1.29 is 0 Å². The lowest BCUT2D eigenvalue weighted by atomic mass is 9.85. The Bertz CT molecular complexity index is 580. The summed E-state index contributed by atoms with van der Waals surface area (Å²) in [5, 5.41) is 4.80. The molecule has 0 atom stereocenters. The van der Waals surface area contributed by atoms with Crippen molar-refractivity contribution in [1.29, 1.82) is 0 Å². The Morgan fingerprint density at radius 1 is 1.00 bits per heavy atom. The second-order valence-corrected chi connectivity index (χ2v) is 6.19. The van der Waals surface area contributed by atoms with Crippen LogP contribution in [0.2, 0.25) is 0 Å². The first-order chi connectivity index (χ1) is 9.90. The first-order valence-corrected chi connectivity index (χ1v) is 7.89. The third kappa shape index (κ3) is 2.37. The predicted molar refractivity (Wildman–Crippen MR) is 78.7 cm³/mol. The molecule has 0 spiro atoms. The molecule has 2 fully saturated rings. The molecule has 20 heavy (non-hydrogen) atoms. The van der Waals surface area contributed by atoms with E-state index in [9.17, 15) is 0 Å². The summed E-state index contributed by atoms with van der Waals surface area (Å²) in [4.78, 5) is 4.86. The SMILES string of the molecule is c1ccc(CCn2nc(C3CC3)nc2C2CCC2)cc1. The van der Waals surface area contributed by atoms with Gasteiger partial charge in [0.2, 0.25) is 0 Å². The smallest absolute Gasteiger partial charge is 0.154 e. The lowest BCUT2D eigenvalue weighted by Crippen LogP contribution is -2.17. The number of hydrogen-bond donors (Lipinski definition) is 0. The van der Waals surface area contributed by atoms with E-state index in [0.717, 1.165) is 18.8 Å². The molecule has 0 bridgehead atoms. The quantitative estimate of drug-likeness (QED) is 0.827. The van der Waals surface area contributed by atoms with Crippen LogP contribution in [0.15, 0.2) is 30.3 Å². The third-order valence-corrected chi connectivity index (χ3v) is 4.58. The summed E-state index contributed by atoms with van der Waals surface area (Å²) in [5.41, 5.74) is 1.38. The fourth-order valence-corrected chi connectivity index (χ4v) is 2.90. The molecule has 104 valence electrons. The van der Waals surface area contributed by atoms with Crippen molar-refractivity contribution in [2.24, 2.45) is 0 Å². The highest BCUT2D eigenvalue weighted by Crippen LogP contribution is 2.41. The Kier molecular flexibility index (Phi) is 3.06. The maximum absolute atomic E-state index is 4.86. The standard InChI is InChI=1S/C17H21N3/c1-2-5-13(6-3-1)11-12-20-17(15-7-4-8-15)18-16(19-20)14-9-10-14/h1-3,5-6,14-15H,4,7-12H2. The topological polar surface area (TPSA) is 30.7 Å². The van der Waals surface area contributed by atoms with E-state index >= 15 is 0 Å². The van der Waals surface area contributed by atoms with E-state index in [-0.39, 0.29) is 0 Å². The van der Waals surface area contributed by atoms with Gasteiger partial charge in [0.15, 0.2) is 5.82 Å². The van der Waals surface area contributed by atoms with E-state index in [1.165, 1.54) is 43.5 Å². The molecule has 1 heterocycles. The van der Waals surface area contributed by atoms with Crippen LogP contribution >= 0.6 is 0 Å². The van der Waals surface area contributed by atoms with Crippen LogP contribution in [-0.4, -0.2) is 14.8 Å². The zero-order chi connectivity index (χ0) is 13.4. The van der Waals surface area contributed by atoms with Crippen molar-refractivity contribution in [1.82, 2.24) is 14.8 Å². The van der Waals surface area contributed by atoms with Gasteiger partial charge in [0.1, 0.15) is 5.82 Å². The number of hydrogen-bond acceptors (Lipinski definition) is 2. The molecule has 0 N–H and O–H groups in total.